The molecular formula is C26H31FN2O4. The number of carboxylic acid groups (broad SMARTS) is 1. The summed E-state index contributed by atoms with van der Waals surface area (Å²) in [6.45, 7) is 0.560. The molecule has 6 rings (SSSR count). The topological polar surface area (TPSA) is 79.2 Å². The number of halogens is 1. The third-order valence-corrected chi connectivity index (χ3v) is 9.12. The lowest BCUT2D eigenvalue weighted by molar-refractivity contribution is -0.141. The molecule has 0 saturated heterocycles. The molecule has 176 valence electrons. The van der Waals surface area contributed by atoms with Gasteiger partial charge in [0.15, 0.2) is 6.04 Å². The van der Waals surface area contributed by atoms with E-state index >= 15 is 0 Å². The summed E-state index contributed by atoms with van der Waals surface area (Å²) >= 11 is 0. The van der Waals surface area contributed by atoms with Crippen LogP contribution in [0, 0.1) is 29.0 Å². The second-order valence-electron chi connectivity index (χ2n) is 10.9. The maximum Gasteiger partial charge on any atom is 0.329 e. The Kier molecular flexibility index (Phi) is 5.00. The van der Waals surface area contributed by atoms with Gasteiger partial charge < -0.3 is 9.84 Å². The molecule has 5 atom stereocenters. The van der Waals surface area contributed by atoms with Crippen molar-refractivity contribution in [2.75, 3.05) is 6.61 Å². The van der Waals surface area contributed by atoms with E-state index in [-0.39, 0.29) is 17.9 Å². The van der Waals surface area contributed by atoms with Crippen molar-refractivity contribution in [3.05, 3.63) is 29.1 Å². The first-order valence-electron chi connectivity index (χ1n) is 12.5. The number of hydrogen-bond donors (Lipinski definition) is 1. The first-order chi connectivity index (χ1) is 16.0. The highest BCUT2D eigenvalue weighted by molar-refractivity contribution is 5.99. The van der Waals surface area contributed by atoms with E-state index in [4.69, 9.17) is 4.74 Å². The maximum atomic E-state index is 15.0. The zero-order valence-electron chi connectivity index (χ0n) is 18.8. The van der Waals surface area contributed by atoms with Gasteiger partial charge in [0.2, 0.25) is 0 Å². The van der Waals surface area contributed by atoms with Crippen molar-refractivity contribution >= 4 is 18.1 Å². The Morgan fingerprint density at radius 2 is 2.09 bits per heavy atom. The molecule has 0 aromatic heterocycles. The van der Waals surface area contributed by atoms with Crippen molar-refractivity contribution in [2.45, 2.75) is 76.2 Å². The molecule has 5 aliphatic rings. The number of ether oxygens (including phenoxy) is 1. The van der Waals surface area contributed by atoms with Crippen LogP contribution in [0.4, 0.5) is 4.39 Å². The zero-order chi connectivity index (χ0) is 22.7. The van der Waals surface area contributed by atoms with Crippen molar-refractivity contribution in [2.24, 2.45) is 28.3 Å². The van der Waals surface area contributed by atoms with Gasteiger partial charge in [-0.1, -0.05) is 0 Å². The first kappa shape index (κ1) is 21.1. The van der Waals surface area contributed by atoms with Crippen LogP contribution >= 0.6 is 0 Å². The normalized spacial score (nSPS) is 33.8. The molecule has 4 aliphatic carbocycles. The van der Waals surface area contributed by atoms with Crippen LogP contribution in [0.25, 0.3) is 0 Å². The van der Waals surface area contributed by atoms with Gasteiger partial charge in [0.05, 0.1) is 12.2 Å². The number of rotatable bonds is 8. The van der Waals surface area contributed by atoms with Crippen molar-refractivity contribution in [3.8, 4) is 5.75 Å². The number of amides is 1. The molecule has 6 nitrogen and oxygen atoms in total. The van der Waals surface area contributed by atoms with E-state index in [0.29, 0.717) is 17.8 Å². The van der Waals surface area contributed by atoms with Crippen LogP contribution in [0.3, 0.4) is 0 Å². The predicted octanol–water partition coefficient (Wildman–Crippen LogP) is 4.97. The highest BCUT2D eigenvalue weighted by Crippen LogP contribution is 2.71. The van der Waals surface area contributed by atoms with E-state index < -0.39 is 23.7 Å². The fourth-order valence-electron chi connectivity index (χ4n) is 7.31. The smallest absolute Gasteiger partial charge is 0.329 e. The number of aliphatic carboxylic acids is 1. The van der Waals surface area contributed by atoms with Crippen LogP contribution in [0.5, 0.6) is 5.75 Å². The summed E-state index contributed by atoms with van der Waals surface area (Å²) in [5, 5.41) is 14.1. The Hall–Kier alpha value is -2.44. The van der Waals surface area contributed by atoms with Gasteiger partial charge in [-0.05, 0) is 98.5 Å². The summed E-state index contributed by atoms with van der Waals surface area (Å²) < 4.78 is 21.0. The van der Waals surface area contributed by atoms with Gasteiger partial charge in [-0.2, -0.15) is 5.10 Å². The maximum absolute atomic E-state index is 15.0. The molecule has 4 fully saturated rings. The van der Waals surface area contributed by atoms with Gasteiger partial charge in [0.1, 0.15) is 11.6 Å². The Morgan fingerprint density at radius 3 is 2.82 bits per heavy atom. The van der Waals surface area contributed by atoms with Crippen LogP contribution in [0.15, 0.2) is 17.2 Å². The summed E-state index contributed by atoms with van der Waals surface area (Å²) in [6, 6.07) is 1.79. The average molecular weight is 455 g/mol. The molecule has 0 radical (unpaired) electrons. The lowest BCUT2D eigenvalue weighted by Gasteiger charge is -2.53. The highest BCUT2D eigenvalue weighted by Gasteiger charge is 2.61. The molecule has 1 amide bonds. The Morgan fingerprint density at radius 1 is 1.24 bits per heavy atom. The number of carbonyl (C=O) groups excluding carboxylic acids is 1. The molecule has 33 heavy (non-hydrogen) atoms. The van der Waals surface area contributed by atoms with Crippen LogP contribution < -0.4 is 4.74 Å². The lowest BCUT2D eigenvalue weighted by atomic mass is 9.52. The minimum atomic E-state index is -1.15. The molecule has 1 aromatic rings. The molecular weight excluding hydrogens is 423 g/mol. The zero-order valence-corrected chi connectivity index (χ0v) is 18.8. The lowest BCUT2D eigenvalue weighted by Crippen LogP contribution is -2.45. The number of carboxylic acids is 1. The monoisotopic (exact) mass is 454 g/mol. The SMILES string of the molecule is O=C(O)C1CC=NN1C(=O)c1cc(C2CC2)c(OCCCC2CC3CC4CCC23C4)cc1F. The van der Waals surface area contributed by atoms with Crippen molar-refractivity contribution in [3.63, 3.8) is 0 Å². The summed E-state index contributed by atoms with van der Waals surface area (Å²) in [7, 11) is 0. The van der Waals surface area contributed by atoms with Crippen LogP contribution in [-0.2, 0) is 4.79 Å². The van der Waals surface area contributed by atoms with Gasteiger partial charge in [0.25, 0.3) is 5.91 Å². The quantitative estimate of drug-likeness (QED) is 0.562. The Labute approximate surface area is 193 Å². The van der Waals surface area contributed by atoms with Gasteiger partial charge in [-0.25, -0.2) is 14.2 Å². The van der Waals surface area contributed by atoms with E-state index in [2.05, 4.69) is 5.10 Å². The minimum absolute atomic E-state index is 0.128. The van der Waals surface area contributed by atoms with Gasteiger partial charge in [0, 0.05) is 18.7 Å². The first-order valence-corrected chi connectivity index (χ1v) is 12.5. The Bertz CT molecular complexity index is 1020. The van der Waals surface area contributed by atoms with Crippen LogP contribution in [0.1, 0.15) is 86.0 Å². The summed E-state index contributed by atoms with van der Waals surface area (Å²) in [4.78, 5) is 24.3. The Balaban J connectivity index is 1.11. The van der Waals surface area contributed by atoms with E-state index in [1.807, 2.05) is 0 Å². The predicted molar refractivity (Wildman–Crippen MR) is 120 cm³/mol. The molecule has 2 bridgehead atoms. The minimum Gasteiger partial charge on any atom is -0.493 e. The summed E-state index contributed by atoms with van der Waals surface area (Å²) in [5.41, 5.74) is 1.36. The van der Waals surface area contributed by atoms with Crippen LogP contribution in [-0.4, -0.2) is 40.9 Å². The summed E-state index contributed by atoms with van der Waals surface area (Å²) in [6.07, 6.45) is 12.8. The average Bonchev–Trinajstić information content (AvgIpc) is 3.22. The summed E-state index contributed by atoms with van der Waals surface area (Å²) in [5.74, 6) is 1.04. The van der Waals surface area contributed by atoms with Crippen LogP contribution in [0.2, 0.25) is 0 Å². The second kappa shape index (κ2) is 7.81. The fourth-order valence-corrected chi connectivity index (χ4v) is 7.31. The van der Waals surface area contributed by atoms with E-state index in [1.165, 1.54) is 50.8 Å². The van der Waals surface area contributed by atoms with E-state index in [0.717, 1.165) is 47.6 Å². The molecule has 7 heteroatoms. The third kappa shape index (κ3) is 3.46. The van der Waals surface area contributed by atoms with Gasteiger partial charge in [-0.15, -0.1) is 0 Å². The molecule has 4 saturated carbocycles. The van der Waals surface area contributed by atoms with E-state index in [1.54, 1.807) is 6.07 Å². The van der Waals surface area contributed by atoms with Gasteiger partial charge in [-0.3, -0.25) is 4.79 Å². The van der Waals surface area contributed by atoms with Crippen molar-refractivity contribution < 1.29 is 23.8 Å². The number of hydrogen-bond acceptors (Lipinski definition) is 4. The molecule has 1 aromatic carbocycles. The standard InChI is InChI=1S/C26H31FN2O4/c27-21-13-23(33-9-1-2-17-11-18-10-15-5-7-26(17,18)14-15)19(16-3-4-16)12-20(21)24(30)29-22(25(31)32)6-8-28-29/h8,12-13,15-18,22H,1-7,9-11,14H2,(H,31,32). The number of hydrazone groups is 1. The number of nitrogens with zero attached hydrogens (tertiary/aromatic N) is 2. The van der Waals surface area contributed by atoms with Gasteiger partial charge >= 0.3 is 5.97 Å². The third-order valence-electron chi connectivity index (χ3n) is 9.12. The molecule has 1 N–H and O–H groups in total. The van der Waals surface area contributed by atoms with E-state index in [9.17, 15) is 19.1 Å². The number of carbonyl (C=O) groups is 2. The molecule has 1 heterocycles. The number of benzene rings is 1. The van der Waals surface area contributed by atoms with Crippen molar-refractivity contribution in [1.82, 2.24) is 5.01 Å². The fraction of sp³-hybridized carbons (Fsp3) is 0.654. The largest absolute Gasteiger partial charge is 0.493 e. The number of fused-ring (bicyclic) bond motifs is 1. The highest BCUT2D eigenvalue weighted by atomic mass is 19.1. The van der Waals surface area contributed by atoms with Crippen molar-refractivity contribution in [1.29, 1.82) is 0 Å². The molecule has 1 spiro atoms. The molecule has 1 aliphatic heterocycles. The second-order valence-corrected chi connectivity index (χ2v) is 10.9. The molecule has 5 unspecified atom stereocenters.